The molecule has 192 valence electrons. The van der Waals surface area contributed by atoms with Crippen molar-refractivity contribution in [3.05, 3.63) is 89.1 Å². The van der Waals surface area contributed by atoms with Crippen LogP contribution in [0.25, 0.3) is 0 Å². The molecule has 0 spiro atoms. The number of aromatic nitrogens is 1. The molecular formula is C28H27N7O3. The molecule has 4 N–H and O–H groups in total. The molecule has 3 aliphatic heterocycles. The van der Waals surface area contributed by atoms with E-state index in [1.54, 1.807) is 6.07 Å². The van der Waals surface area contributed by atoms with Crippen molar-refractivity contribution < 1.29 is 14.3 Å². The smallest absolute Gasteiger partial charge is 0.291 e. The molecule has 2 saturated heterocycles. The predicted molar refractivity (Wildman–Crippen MR) is 145 cm³/mol. The van der Waals surface area contributed by atoms with Gasteiger partial charge in [0.15, 0.2) is 0 Å². The first-order valence-electron chi connectivity index (χ1n) is 12.4. The van der Waals surface area contributed by atoms with Gasteiger partial charge in [0.2, 0.25) is 12.1 Å². The van der Waals surface area contributed by atoms with Gasteiger partial charge in [-0.15, -0.1) is 0 Å². The first kappa shape index (κ1) is 23.8. The first-order chi connectivity index (χ1) is 18.5. The van der Waals surface area contributed by atoms with Crippen molar-refractivity contribution in [1.82, 2.24) is 4.98 Å². The number of carbonyl (C=O) groups is 1. The van der Waals surface area contributed by atoms with Crippen LogP contribution in [-0.4, -0.2) is 60.0 Å². The number of aryl methyl sites for hydroxylation is 1. The van der Waals surface area contributed by atoms with E-state index in [1.165, 1.54) is 0 Å². The van der Waals surface area contributed by atoms with Crippen molar-refractivity contribution in [2.75, 3.05) is 23.4 Å². The van der Waals surface area contributed by atoms with Gasteiger partial charge in [-0.1, -0.05) is 48.5 Å². The Hall–Kier alpha value is -4.57. The number of amides is 1. The first-order valence-corrected chi connectivity index (χ1v) is 12.4. The second-order valence-electron chi connectivity index (χ2n) is 9.46. The molecular weight excluding hydrogens is 482 g/mol. The van der Waals surface area contributed by atoms with Crippen LogP contribution in [-0.2, 0) is 14.3 Å². The number of pyridine rings is 1. The Morgan fingerprint density at radius 1 is 1.11 bits per heavy atom. The summed E-state index contributed by atoms with van der Waals surface area (Å²) < 4.78 is 11.2. The van der Waals surface area contributed by atoms with Gasteiger partial charge in [-0.05, 0) is 31.5 Å². The molecule has 3 unspecified atom stereocenters. The molecule has 3 aromatic rings. The molecule has 38 heavy (non-hydrogen) atoms. The van der Waals surface area contributed by atoms with Gasteiger partial charge < -0.3 is 25.4 Å². The van der Waals surface area contributed by atoms with E-state index < -0.39 is 12.1 Å². The Morgan fingerprint density at radius 2 is 1.84 bits per heavy atom. The van der Waals surface area contributed by atoms with Crippen LogP contribution < -0.4 is 16.0 Å². The van der Waals surface area contributed by atoms with Gasteiger partial charge in [0, 0.05) is 16.8 Å². The van der Waals surface area contributed by atoms with Crippen LogP contribution in [0.2, 0.25) is 0 Å². The van der Waals surface area contributed by atoms with Crippen LogP contribution >= 0.6 is 0 Å². The number of nitrogens with two attached hydrogens (primary N) is 1. The number of carbonyl (C=O) groups excluding carboxylic acids is 1. The molecule has 10 nitrogen and oxygen atoms in total. The van der Waals surface area contributed by atoms with Crippen LogP contribution in [0.1, 0.15) is 28.8 Å². The number of ether oxygens (including phenoxy) is 2. The van der Waals surface area contributed by atoms with E-state index >= 15 is 0 Å². The zero-order valence-electron chi connectivity index (χ0n) is 20.8. The number of hydrogen-bond donors (Lipinski definition) is 3. The van der Waals surface area contributed by atoms with Crippen molar-refractivity contribution in [2.24, 2.45) is 15.7 Å². The topological polar surface area (TPSA) is 138 Å². The lowest BCUT2D eigenvalue weighted by Crippen LogP contribution is -2.64. The number of rotatable bonds is 4. The van der Waals surface area contributed by atoms with Gasteiger partial charge in [0.05, 0.1) is 42.3 Å². The van der Waals surface area contributed by atoms with E-state index in [9.17, 15) is 4.79 Å². The standard InChI is InChI=1S/C28H27N7O3/c1-16-11-12-21(26(31-16)35-18-13-19(35)15-37-14-18)24(29)38-28(30)34-25-27(36)32-22-10-6-5-9-20(22)23(33-25)17-7-3-2-4-8-17/h2-12,18-19,25,29H,13-15H2,1H3,(H2,30,34)(H,32,36). The van der Waals surface area contributed by atoms with Gasteiger partial charge in [0.25, 0.3) is 11.9 Å². The normalized spacial score (nSPS) is 22.4. The molecule has 6 rings (SSSR count). The highest BCUT2D eigenvalue weighted by Gasteiger charge is 2.44. The number of amidine groups is 1. The molecule has 2 bridgehead atoms. The molecule has 3 aliphatic rings. The van der Waals surface area contributed by atoms with E-state index in [0.717, 1.165) is 23.2 Å². The highest BCUT2D eigenvalue weighted by molar-refractivity contribution is 6.19. The SMILES string of the molecule is Cc1ccc(C(=N)O/C(N)=N/C2N=C(c3ccccc3)c3ccccc3NC2=O)c(N2C3COCC2C3)n1. The summed E-state index contributed by atoms with van der Waals surface area (Å²) >= 11 is 0. The van der Waals surface area contributed by atoms with Gasteiger partial charge in [-0.3, -0.25) is 10.2 Å². The Labute approximate surface area is 219 Å². The van der Waals surface area contributed by atoms with Crippen LogP contribution in [0.3, 0.4) is 0 Å². The molecule has 10 heteroatoms. The third-order valence-electron chi connectivity index (χ3n) is 6.88. The van der Waals surface area contributed by atoms with Crippen molar-refractivity contribution in [3.63, 3.8) is 0 Å². The van der Waals surface area contributed by atoms with Crippen LogP contribution in [0.5, 0.6) is 0 Å². The quantitative estimate of drug-likeness (QED) is 0.365. The molecule has 0 radical (unpaired) electrons. The second-order valence-corrected chi connectivity index (χ2v) is 9.46. The van der Waals surface area contributed by atoms with E-state index in [-0.39, 0.29) is 24.0 Å². The van der Waals surface area contributed by atoms with Gasteiger partial charge >= 0.3 is 0 Å². The number of benzene rings is 2. The largest absolute Gasteiger partial charge is 0.407 e. The summed E-state index contributed by atoms with van der Waals surface area (Å²) in [6.45, 7) is 3.17. The molecule has 3 atom stereocenters. The van der Waals surface area contributed by atoms with E-state index in [1.807, 2.05) is 67.6 Å². The minimum Gasteiger partial charge on any atom is -0.407 e. The number of anilines is 2. The number of aliphatic imine (C=N–C) groups is 2. The van der Waals surface area contributed by atoms with Crippen molar-refractivity contribution >= 4 is 35.0 Å². The number of morpholine rings is 1. The molecule has 1 amide bonds. The summed E-state index contributed by atoms with van der Waals surface area (Å²) in [5, 5.41) is 11.5. The minimum absolute atomic E-state index is 0.204. The maximum Gasteiger partial charge on any atom is 0.291 e. The van der Waals surface area contributed by atoms with Crippen molar-refractivity contribution in [2.45, 2.75) is 31.6 Å². The van der Waals surface area contributed by atoms with Crippen molar-refractivity contribution in [3.8, 4) is 0 Å². The highest BCUT2D eigenvalue weighted by Crippen LogP contribution is 2.37. The average Bonchev–Trinajstić information content (AvgIpc) is 3.05. The summed E-state index contributed by atoms with van der Waals surface area (Å²) in [5.74, 6) is 0.0103. The minimum atomic E-state index is -1.20. The molecule has 2 aromatic carbocycles. The Morgan fingerprint density at radius 3 is 2.61 bits per heavy atom. The van der Waals surface area contributed by atoms with Crippen molar-refractivity contribution in [1.29, 1.82) is 5.41 Å². The zero-order chi connectivity index (χ0) is 26.2. The summed E-state index contributed by atoms with van der Waals surface area (Å²) in [7, 11) is 0. The third-order valence-corrected chi connectivity index (χ3v) is 6.88. The van der Waals surface area contributed by atoms with Gasteiger partial charge in [-0.2, -0.15) is 4.99 Å². The molecule has 1 aromatic heterocycles. The highest BCUT2D eigenvalue weighted by atomic mass is 16.5. The number of benzodiazepines with no additional fused rings is 1. The predicted octanol–water partition coefficient (Wildman–Crippen LogP) is 2.84. The summed E-state index contributed by atoms with van der Waals surface area (Å²) in [6.07, 6.45) is -0.166. The maximum atomic E-state index is 13.1. The Balaban J connectivity index is 1.29. The number of para-hydroxylation sites is 1. The summed E-state index contributed by atoms with van der Waals surface area (Å²) in [5.41, 5.74) is 10.3. The fraction of sp³-hybridized carbons (Fsp3) is 0.250. The summed E-state index contributed by atoms with van der Waals surface area (Å²) in [4.78, 5) is 28.9. The maximum absolute atomic E-state index is 13.1. The Bertz CT molecular complexity index is 1460. The molecule has 0 saturated carbocycles. The molecule has 2 fully saturated rings. The number of nitrogens with zero attached hydrogens (tertiary/aromatic N) is 4. The lowest BCUT2D eigenvalue weighted by atomic mass is 9.90. The number of nitrogens with one attached hydrogen (secondary N) is 2. The fourth-order valence-electron chi connectivity index (χ4n) is 5.07. The van der Waals surface area contributed by atoms with Gasteiger partial charge in [0.1, 0.15) is 5.82 Å². The van der Waals surface area contributed by atoms with E-state index in [4.69, 9.17) is 25.6 Å². The van der Waals surface area contributed by atoms with Crippen LogP contribution in [0.15, 0.2) is 76.7 Å². The van der Waals surface area contributed by atoms with Crippen LogP contribution in [0.4, 0.5) is 11.5 Å². The number of hydrogen-bond acceptors (Lipinski definition) is 8. The fourth-order valence-corrected chi connectivity index (χ4v) is 5.07. The zero-order valence-corrected chi connectivity index (χ0v) is 20.8. The monoisotopic (exact) mass is 509 g/mol. The third kappa shape index (κ3) is 4.39. The lowest BCUT2D eigenvalue weighted by molar-refractivity contribution is -0.117. The van der Waals surface area contributed by atoms with Crippen LogP contribution in [0, 0.1) is 12.3 Å². The lowest BCUT2D eigenvalue weighted by Gasteiger charge is -2.53. The molecule has 0 aliphatic carbocycles. The summed E-state index contributed by atoms with van der Waals surface area (Å²) in [6, 6.07) is 20.7. The number of fused-ring (bicyclic) bond motifs is 3. The second kappa shape index (κ2) is 9.71. The van der Waals surface area contributed by atoms with E-state index in [2.05, 4.69) is 20.2 Å². The average molecular weight is 510 g/mol. The van der Waals surface area contributed by atoms with E-state index in [0.29, 0.717) is 36.0 Å². The van der Waals surface area contributed by atoms with Gasteiger partial charge in [-0.25, -0.2) is 9.98 Å². The Kier molecular flexibility index (Phi) is 6.09. The molecule has 4 heterocycles.